The van der Waals surface area contributed by atoms with Gasteiger partial charge in [-0.05, 0) is 23.5 Å². The Kier molecular flexibility index (Phi) is 6.63. The normalized spacial score (nSPS) is 16.4. The molecule has 11 heteroatoms. The minimum absolute atomic E-state index is 0.0729. The molecule has 0 N–H and O–H groups in total. The highest BCUT2D eigenvalue weighted by Crippen LogP contribution is 2.29. The van der Waals surface area contributed by atoms with E-state index in [1.165, 1.54) is 16.8 Å². The van der Waals surface area contributed by atoms with Gasteiger partial charge in [-0.3, -0.25) is 9.69 Å². The Morgan fingerprint density at radius 2 is 1.90 bits per heavy atom. The molecule has 0 bridgehead atoms. The molecule has 2 aromatic rings. The number of nitro groups is 1. The lowest BCUT2D eigenvalue weighted by molar-refractivity contribution is -0.389. The van der Waals surface area contributed by atoms with E-state index >= 15 is 0 Å². The summed E-state index contributed by atoms with van der Waals surface area (Å²) in [5.74, 6) is -0.732. The zero-order valence-electron chi connectivity index (χ0n) is 17.3. The highest BCUT2D eigenvalue weighted by molar-refractivity contribution is 5.78. The van der Waals surface area contributed by atoms with Crippen molar-refractivity contribution < 1.29 is 22.9 Å². The van der Waals surface area contributed by atoms with Crippen molar-refractivity contribution in [1.29, 1.82) is 0 Å². The predicted octanol–water partition coefficient (Wildman–Crippen LogP) is 3.10. The van der Waals surface area contributed by atoms with Crippen molar-refractivity contribution in [2.24, 2.45) is 5.92 Å². The smallest absolute Gasteiger partial charge is 0.358 e. The molecular weight excluding hydrogens is 415 g/mol. The van der Waals surface area contributed by atoms with Gasteiger partial charge in [0.25, 0.3) is 0 Å². The molecule has 0 aliphatic carbocycles. The quantitative estimate of drug-likeness (QED) is 0.510. The van der Waals surface area contributed by atoms with Crippen LogP contribution < -0.4 is 0 Å². The van der Waals surface area contributed by atoms with Crippen LogP contribution in [0, 0.1) is 23.0 Å². The Hall–Kier alpha value is -2.95. The van der Waals surface area contributed by atoms with E-state index in [0.29, 0.717) is 44.0 Å². The third-order valence-electron chi connectivity index (χ3n) is 5.37. The van der Waals surface area contributed by atoms with E-state index in [1.807, 2.05) is 4.90 Å². The van der Waals surface area contributed by atoms with Gasteiger partial charge >= 0.3 is 12.0 Å². The van der Waals surface area contributed by atoms with Crippen molar-refractivity contribution in [3.8, 4) is 0 Å². The van der Waals surface area contributed by atoms with Crippen LogP contribution in [0.2, 0.25) is 0 Å². The lowest BCUT2D eigenvalue weighted by atomic mass is 10.1. The average Bonchev–Trinajstić information content (AvgIpc) is 3.08. The SMILES string of the molecule is Cc1cc([N+](=O)[O-])nn1CC(C)C(=O)N1CCN(Cc2cccc(C(F)(F)F)c2)CC1. The topological polar surface area (TPSA) is 84.5 Å². The van der Waals surface area contributed by atoms with Gasteiger partial charge in [0.1, 0.15) is 0 Å². The summed E-state index contributed by atoms with van der Waals surface area (Å²) >= 11 is 0. The second-order valence-electron chi connectivity index (χ2n) is 7.78. The molecule has 2 heterocycles. The van der Waals surface area contributed by atoms with E-state index in [4.69, 9.17) is 0 Å². The van der Waals surface area contributed by atoms with Crippen molar-refractivity contribution in [1.82, 2.24) is 19.6 Å². The number of carbonyl (C=O) groups excluding carboxylic acids is 1. The first-order valence-corrected chi connectivity index (χ1v) is 9.90. The zero-order chi connectivity index (χ0) is 22.8. The fraction of sp³-hybridized carbons (Fsp3) is 0.500. The maximum absolute atomic E-state index is 12.9. The molecular formula is C20H24F3N5O3. The highest BCUT2D eigenvalue weighted by Gasteiger charge is 2.31. The molecule has 0 radical (unpaired) electrons. The molecule has 0 spiro atoms. The lowest BCUT2D eigenvalue weighted by Gasteiger charge is -2.36. The van der Waals surface area contributed by atoms with Gasteiger partial charge in [-0.25, -0.2) is 0 Å². The number of hydrogen-bond donors (Lipinski definition) is 0. The molecule has 1 atom stereocenters. The second kappa shape index (κ2) is 9.04. The molecule has 1 fully saturated rings. The number of aryl methyl sites for hydroxylation is 1. The monoisotopic (exact) mass is 439 g/mol. The highest BCUT2D eigenvalue weighted by atomic mass is 19.4. The molecule has 8 nitrogen and oxygen atoms in total. The molecule has 1 aromatic heterocycles. The summed E-state index contributed by atoms with van der Waals surface area (Å²) in [4.78, 5) is 26.8. The van der Waals surface area contributed by atoms with E-state index in [2.05, 4.69) is 5.10 Å². The first-order chi connectivity index (χ1) is 14.5. The van der Waals surface area contributed by atoms with Gasteiger partial charge in [-0.1, -0.05) is 25.1 Å². The first-order valence-electron chi connectivity index (χ1n) is 9.90. The van der Waals surface area contributed by atoms with Gasteiger partial charge in [0.15, 0.2) is 0 Å². The molecule has 0 saturated carbocycles. The molecule has 1 unspecified atom stereocenters. The Labute approximate surface area is 177 Å². The largest absolute Gasteiger partial charge is 0.416 e. The van der Waals surface area contributed by atoms with Gasteiger partial charge in [0.2, 0.25) is 5.91 Å². The van der Waals surface area contributed by atoms with E-state index in [-0.39, 0.29) is 18.3 Å². The summed E-state index contributed by atoms with van der Waals surface area (Å²) in [5, 5.41) is 14.8. The summed E-state index contributed by atoms with van der Waals surface area (Å²) in [5.41, 5.74) is 0.526. The van der Waals surface area contributed by atoms with Crippen LogP contribution in [0.3, 0.4) is 0 Å². The number of amides is 1. The van der Waals surface area contributed by atoms with Crippen LogP contribution in [0.25, 0.3) is 0 Å². The van der Waals surface area contributed by atoms with Gasteiger partial charge in [0.05, 0.1) is 34.9 Å². The molecule has 1 aliphatic heterocycles. The van der Waals surface area contributed by atoms with Crippen LogP contribution in [0.4, 0.5) is 19.0 Å². The van der Waals surface area contributed by atoms with Crippen LogP contribution in [0.1, 0.15) is 23.7 Å². The lowest BCUT2D eigenvalue weighted by Crippen LogP contribution is -2.50. The number of nitrogens with zero attached hydrogens (tertiary/aromatic N) is 5. The fourth-order valence-corrected chi connectivity index (χ4v) is 3.65. The predicted molar refractivity (Wildman–Crippen MR) is 106 cm³/mol. The number of halogens is 3. The maximum Gasteiger partial charge on any atom is 0.416 e. The van der Waals surface area contributed by atoms with Crippen molar-refractivity contribution in [3.05, 3.63) is 57.3 Å². The molecule has 1 aromatic carbocycles. The summed E-state index contributed by atoms with van der Waals surface area (Å²) < 4.78 is 40.1. The maximum atomic E-state index is 12.9. The Bertz CT molecular complexity index is 952. The molecule has 1 amide bonds. The van der Waals surface area contributed by atoms with Gasteiger partial charge in [-0.15, -0.1) is 0 Å². The minimum atomic E-state index is -4.37. The van der Waals surface area contributed by atoms with E-state index in [1.54, 1.807) is 24.8 Å². The summed E-state index contributed by atoms with van der Waals surface area (Å²) in [6.07, 6.45) is -4.37. The van der Waals surface area contributed by atoms with Gasteiger partial charge in [0, 0.05) is 32.7 Å². The number of alkyl halides is 3. The summed E-state index contributed by atoms with van der Waals surface area (Å²) in [7, 11) is 0. The summed E-state index contributed by atoms with van der Waals surface area (Å²) in [6.45, 7) is 6.14. The first kappa shape index (κ1) is 22.7. The molecule has 1 saturated heterocycles. The number of benzene rings is 1. The Morgan fingerprint density at radius 3 is 2.48 bits per heavy atom. The molecule has 31 heavy (non-hydrogen) atoms. The van der Waals surface area contributed by atoms with Gasteiger partial charge < -0.3 is 15.0 Å². The second-order valence-corrected chi connectivity index (χ2v) is 7.78. The Balaban J connectivity index is 1.53. The van der Waals surface area contributed by atoms with Crippen molar-refractivity contribution in [2.45, 2.75) is 33.1 Å². The summed E-state index contributed by atoms with van der Waals surface area (Å²) in [6, 6.07) is 6.65. The molecule has 168 valence electrons. The zero-order valence-corrected chi connectivity index (χ0v) is 17.3. The number of rotatable bonds is 6. The van der Waals surface area contributed by atoms with Crippen molar-refractivity contribution in [2.75, 3.05) is 26.2 Å². The average molecular weight is 439 g/mol. The van der Waals surface area contributed by atoms with Crippen LogP contribution in [-0.4, -0.2) is 56.6 Å². The third kappa shape index (κ3) is 5.60. The van der Waals surface area contributed by atoms with E-state index in [0.717, 1.165) is 12.1 Å². The third-order valence-corrected chi connectivity index (χ3v) is 5.37. The van der Waals surface area contributed by atoms with E-state index < -0.39 is 22.6 Å². The van der Waals surface area contributed by atoms with Crippen LogP contribution in [0.5, 0.6) is 0 Å². The standard InChI is InChI=1S/C20H24F3N5O3/c1-14(12-27-15(2)10-18(24-27)28(30)31)19(29)26-8-6-25(7-9-26)13-16-4-3-5-17(11-16)20(21,22)23/h3-5,10-11,14H,6-9,12-13H2,1-2H3. The molecule has 3 rings (SSSR count). The number of piperazine rings is 1. The van der Waals surface area contributed by atoms with E-state index in [9.17, 15) is 28.1 Å². The van der Waals surface area contributed by atoms with Crippen molar-refractivity contribution in [3.63, 3.8) is 0 Å². The van der Waals surface area contributed by atoms with Crippen LogP contribution in [-0.2, 0) is 24.1 Å². The van der Waals surface area contributed by atoms with Crippen LogP contribution >= 0.6 is 0 Å². The fourth-order valence-electron chi connectivity index (χ4n) is 3.65. The number of hydrogen-bond acceptors (Lipinski definition) is 5. The molecule has 1 aliphatic rings. The van der Waals surface area contributed by atoms with Crippen molar-refractivity contribution >= 4 is 11.7 Å². The van der Waals surface area contributed by atoms with Gasteiger partial charge in [-0.2, -0.15) is 17.9 Å². The minimum Gasteiger partial charge on any atom is -0.358 e. The van der Waals surface area contributed by atoms with Crippen LogP contribution in [0.15, 0.2) is 30.3 Å². The Morgan fingerprint density at radius 1 is 1.23 bits per heavy atom. The number of carbonyl (C=O) groups is 1. The number of aromatic nitrogens is 2.